The zero-order valence-corrected chi connectivity index (χ0v) is 14.4. The maximum Gasteiger partial charge on any atom is 0.344 e. The fourth-order valence-corrected chi connectivity index (χ4v) is 2.63. The van der Waals surface area contributed by atoms with Gasteiger partial charge in [0.25, 0.3) is 5.91 Å². The summed E-state index contributed by atoms with van der Waals surface area (Å²) >= 11 is 0. The minimum Gasteiger partial charge on any atom is -0.482 e. The highest BCUT2D eigenvalue weighted by molar-refractivity contribution is 5.82. The molecule has 2 heterocycles. The first-order valence-corrected chi connectivity index (χ1v) is 8.21. The van der Waals surface area contributed by atoms with Crippen molar-refractivity contribution in [2.24, 2.45) is 0 Å². The Morgan fingerprint density at radius 2 is 1.92 bits per heavy atom. The van der Waals surface area contributed by atoms with Gasteiger partial charge in [0.05, 0.1) is 13.2 Å². The first-order valence-electron chi connectivity index (χ1n) is 8.21. The molecule has 1 aliphatic heterocycles. The number of esters is 1. The smallest absolute Gasteiger partial charge is 0.344 e. The Kier molecular flexibility index (Phi) is 5.52. The van der Waals surface area contributed by atoms with Crippen LogP contribution in [-0.2, 0) is 19.1 Å². The molecule has 8 nitrogen and oxygen atoms in total. The molecule has 1 aromatic carbocycles. The molecule has 26 heavy (non-hydrogen) atoms. The van der Waals surface area contributed by atoms with Gasteiger partial charge in [0.2, 0.25) is 0 Å². The zero-order valence-electron chi connectivity index (χ0n) is 14.4. The van der Waals surface area contributed by atoms with Crippen molar-refractivity contribution in [2.45, 2.75) is 6.92 Å². The lowest BCUT2D eigenvalue weighted by atomic mass is 10.1. The number of benzene rings is 1. The summed E-state index contributed by atoms with van der Waals surface area (Å²) in [5.74, 6) is -0.551. The van der Waals surface area contributed by atoms with Crippen molar-refractivity contribution >= 4 is 22.8 Å². The Labute approximate surface area is 149 Å². The minimum absolute atomic E-state index is 0.260. The molecule has 2 aromatic rings. The lowest BCUT2D eigenvalue weighted by Crippen LogP contribution is -2.42. The largest absolute Gasteiger partial charge is 0.482 e. The van der Waals surface area contributed by atoms with E-state index in [0.29, 0.717) is 37.6 Å². The first-order chi connectivity index (χ1) is 12.5. The third-order valence-corrected chi connectivity index (χ3v) is 4.00. The molecule has 1 aromatic heterocycles. The topological polar surface area (TPSA) is 95.3 Å². The molecule has 0 atom stereocenters. The highest BCUT2D eigenvalue weighted by Gasteiger charge is 2.18. The maximum atomic E-state index is 11.9. The van der Waals surface area contributed by atoms with Gasteiger partial charge >= 0.3 is 11.6 Å². The quantitative estimate of drug-likeness (QED) is 0.576. The highest BCUT2D eigenvalue weighted by Crippen LogP contribution is 2.22. The van der Waals surface area contributed by atoms with Gasteiger partial charge in [-0.15, -0.1) is 0 Å². The van der Waals surface area contributed by atoms with Crippen LogP contribution in [0.1, 0.15) is 5.56 Å². The number of fused-ring (bicyclic) bond motifs is 1. The Bertz CT molecular complexity index is 867. The number of ether oxygens (including phenoxy) is 3. The molecule has 3 rings (SSSR count). The second-order valence-corrected chi connectivity index (χ2v) is 5.85. The number of morpholine rings is 1. The summed E-state index contributed by atoms with van der Waals surface area (Å²) in [7, 11) is 0. The fourth-order valence-electron chi connectivity index (χ4n) is 2.63. The predicted octanol–water partition coefficient (Wildman–Crippen LogP) is 0.882. The molecule has 0 saturated carbocycles. The molecule has 8 heteroatoms. The van der Waals surface area contributed by atoms with Crippen LogP contribution in [0, 0.1) is 6.92 Å². The second kappa shape index (κ2) is 8.01. The second-order valence-electron chi connectivity index (χ2n) is 5.85. The van der Waals surface area contributed by atoms with Crippen molar-refractivity contribution in [2.75, 3.05) is 39.5 Å². The number of aryl methyl sites for hydroxylation is 1. The lowest BCUT2D eigenvalue weighted by Gasteiger charge is -2.26. The van der Waals surface area contributed by atoms with E-state index in [1.807, 2.05) is 6.92 Å². The van der Waals surface area contributed by atoms with E-state index >= 15 is 0 Å². The molecule has 0 aliphatic carbocycles. The summed E-state index contributed by atoms with van der Waals surface area (Å²) in [6.45, 7) is 3.10. The van der Waals surface area contributed by atoms with E-state index in [9.17, 15) is 14.4 Å². The Hall–Kier alpha value is -2.87. The zero-order chi connectivity index (χ0) is 18.5. The van der Waals surface area contributed by atoms with Gasteiger partial charge in [0.1, 0.15) is 11.3 Å². The van der Waals surface area contributed by atoms with E-state index in [1.165, 1.54) is 12.1 Å². The van der Waals surface area contributed by atoms with E-state index in [1.54, 1.807) is 17.0 Å². The van der Waals surface area contributed by atoms with Crippen molar-refractivity contribution in [3.05, 3.63) is 40.2 Å². The van der Waals surface area contributed by atoms with Crippen LogP contribution in [0.15, 0.2) is 33.5 Å². The molecule has 0 spiro atoms. The monoisotopic (exact) mass is 361 g/mol. The van der Waals surface area contributed by atoms with Gasteiger partial charge in [0, 0.05) is 30.6 Å². The molecule has 1 aliphatic rings. The van der Waals surface area contributed by atoms with Crippen molar-refractivity contribution in [1.29, 1.82) is 0 Å². The number of rotatable bonds is 5. The molecule has 1 fully saturated rings. The SMILES string of the molecule is Cc1cc(=O)oc2cc(OCC(=O)OCC(=O)N3CCOCC3)ccc12. The Morgan fingerprint density at radius 3 is 2.69 bits per heavy atom. The van der Waals surface area contributed by atoms with Crippen molar-refractivity contribution in [3.63, 3.8) is 0 Å². The van der Waals surface area contributed by atoms with Crippen molar-refractivity contribution in [3.8, 4) is 5.75 Å². The molecule has 0 N–H and O–H groups in total. The Balaban J connectivity index is 1.52. The Morgan fingerprint density at radius 1 is 1.15 bits per heavy atom. The summed E-state index contributed by atoms with van der Waals surface area (Å²) < 4.78 is 20.6. The number of hydrogen-bond acceptors (Lipinski definition) is 7. The number of carbonyl (C=O) groups is 2. The number of nitrogens with zero attached hydrogens (tertiary/aromatic N) is 1. The van der Waals surface area contributed by atoms with Crippen LogP contribution in [0.25, 0.3) is 11.0 Å². The molecule has 138 valence electrons. The molecule has 0 bridgehead atoms. The number of hydrogen-bond donors (Lipinski definition) is 0. The lowest BCUT2D eigenvalue weighted by molar-refractivity contribution is -0.155. The molecule has 0 radical (unpaired) electrons. The number of carbonyl (C=O) groups excluding carboxylic acids is 2. The van der Waals surface area contributed by atoms with Gasteiger partial charge < -0.3 is 23.5 Å². The molecular weight excluding hydrogens is 342 g/mol. The van der Waals surface area contributed by atoms with Gasteiger partial charge in [-0.25, -0.2) is 9.59 Å². The summed E-state index contributed by atoms with van der Waals surface area (Å²) in [5.41, 5.74) is 0.723. The molecule has 0 unspecified atom stereocenters. The van der Waals surface area contributed by atoms with Crippen molar-refractivity contribution in [1.82, 2.24) is 4.90 Å². The van der Waals surface area contributed by atoms with Crippen LogP contribution in [-0.4, -0.2) is 56.3 Å². The summed E-state index contributed by atoms with van der Waals surface area (Å²) in [6, 6.07) is 6.36. The highest BCUT2D eigenvalue weighted by atomic mass is 16.6. The van der Waals surface area contributed by atoms with Gasteiger partial charge in [-0.1, -0.05) is 0 Å². The average molecular weight is 361 g/mol. The normalized spacial score (nSPS) is 14.3. The maximum absolute atomic E-state index is 11.9. The van der Waals surface area contributed by atoms with Crippen LogP contribution in [0.3, 0.4) is 0 Å². The molecular formula is C18H19NO7. The van der Waals surface area contributed by atoms with Crippen molar-refractivity contribution < 1.29 is 28.2 Å². The van der Waals surface area contributed by atoms with Crippen LogP contribution >= 0.6 is 0 Å². The summed E-state index contributed by atoms with van der Waals surface area (Å²) in [6.07, 6.45) is 0. The standard InChI is InChI=1S/C18H19NO7/c1-12-8-17(21)26-15-9-13(2-3-14(12)15)24-11-18(22)25-10-16(20)19-4-6-23-7-5-19/h2-3,8-9H,4-7,10-11H2,1H3. The fraction of sp³-hybridized carbons (Fsp3) is 0.389. The van der Waals surface area contributed by atoms with Crippen LogP contribution < -0.4 is 10.4 Å². The third-order valence-electron chi connectivity index (χ3n) is 4.00. The van der Waals surface area contributed by atoms with Gasteiger partial charge in [0.15, 0.2) is 13.2 Å². The number of amides is 1. The predicted molar refractivity (Wildman–Crippen MR) is 91.1 cm³/mol. The van der Waals surface area contributed by atoms with Gasteiger partial charge in [-0.2, -0.15) is 0 Å². The molecule has 1 amide bonds. The van der Waals surface area contributed by atoms with E-state index in [2.05, 4.69) is 0 Å². The molecule has 1 saturated heterocycles. The summed E-state index contributed by atoms with van der Waals surface area (Å²) in [5, 5.41) is 0.788. The minimum atomic E-state index is -0.655. The van der Waals surface area contributed by atoms with E-state index in [0.717, 1.165) is 10.9 Å². The van der Waals surface area contributed by atoms with Gasteiger partial charge in [-0.3, -0.25) is 4.79 Å². The van der Waals surface area contributed by atoms with Crippen LogP contribution in [0.2, 0.25) is 0 Å². The third kappa shape index (κ3) is 4.40. The van der Waals surface area contributed by atoms with E-state index < -0.39 is 11.6 Å². The van der Waals surface area contributed by atoms with Crippen LogP contribution in [0.5, 0.6) is 5.75 Å². The van der Waals surface area contributed by atoms with Crippen LogP contribution in [0.4, 0.5) is 0 Å². The van der Waals surface area contributed by atoms with E-state index in [-0.39, 0.29) is 19.1 Å². The summed E-state index contributed by atoms with van der Waals surface area (Å²) in [4.78, 5) is 36.7. The van der Waals surface area contributed by atoms with Gasteiger partial charge in [-0.05, 0) is 24.6 Å². The van der Waals surface area contributed by atoms with E-state index in [4.69, 9.17) is 18.6 Å². The average Bonchev–Trinajstić information content (AvgIpc) is 2.64. The first kappa shape index (κ1) is 17.9.